The Kier molecular flexibility index (Phi) is 5.88. The molecule has 2 aromatic heterocycles. The summed E-state index contributed by atoms with van der Waals surface area (Å²) in [7, 11) is 1.94. The third-order valence-electron chi connectivity index (χ3n) is 3.85. The van der Waals surface area contributed by atoms with E-state index in [2.05, 4.69) is 27.0 Å². The van der Waals surface area contributed by atoms with Crippen molar-refractivity contribution in [2.24, 2.45) is 7.05 Å². The van der Waals surface area contributed by atoms with Crippen LogP contribution >= 0.6 is 23.1 Å². The minimum atomic E-state index is -0.0109. The van der Waals surface area contributed by atoms with Gasteiger partial charge in [-0.15, -0.1) is 21.5 Å². The number of thiophene rings is 1. The molecule has 0 bridgehead atoms. The quantitative estimate of drug-likeness (QED) is 0.646. The first kappa shape index (κ1) is 17.7. The maximum Gasteiger partial charge on any atom is 0.230 e. The van der Waals surface area contributed by atoms with Gasteiger partial charge in [-0.2, -0.15) is 0 Å². The Morgan fingerprint density at radius 3 is 2.76 bits per heavy atom. The predicted molar refractivity (Wildman–Crippen MR) is 102 cm³/mol. The van der Waals surface area contributed by atoms with Gasteiger partial charge in [-0.3, -0.25) is 4.79 Å². The molecule has 3 aromatic rings. The minimum absolute atomic E-state index is 0.0100. The van der Waals surface area contributed by atoms with Crippen LogP contribution < -0.4 is 5.32 Å². The fraction of sp³-hybridized carbons (Fsp3) is 0.278. The zero-order chi connectivity index (χ0) is 17.6. The number of benzene rings is 1. The first-order chi connectivity index (χ1) is 12.1. The van der Waals surface area contributed by atoms with Crippen molar-refractivity contribution in [3.63, 3.8) is 0 Å². The van der Waals surface area contributed by atoms with Gasteiger partial charge in [0.1, 0.15) is 5.82 Å². The van der Waals surface area contributed by atoms with Gasteiger partial charge in [0.05, 0.1) is 11.8 Å². The number of amides is 1. The lowest BCUT2D eigenvalue weighted by molar-refractivity contribution is -0.119. The van der Waals surface area contributed by atoms with E-state index in [9.17, 15) is 4.79 Å². The van der Waals surface area contributed by atoms with Crippen LogP contribution in [-0.2, 0) is 18.3 Å². The summed E-state index contributed by atoms with van der Waals surface area (Å²) in [4.78, 5) is 13.4. The van der Waals surface area contributed by atoms with Crippen molar-refractivity contribution < 1.29 is 4.79 Å². The number of aromatic nitrogens is 3. The number of hydrogen-bond donors (Lipinski definition) is 1. The number of rotatable bonds is 7. The summed E-state index contributed by atoms with van der Waals surface area (Å²) in [5.41, 5.74) is 1.10. The largest absolute Gasteiger partial charge is 0.349 e. The Morgan fingerprint density at radius 2 is 2.04 bits per heavy atom. The zero-order valence-corrected chi connectivity index (χ0v) is 15.8. The summed E-state index contributed by atoms with van der Waals surface area (Å²) < 4.78 is 1.96. The zero-order valence-electron chi connectivity index (χ0n) is 14.2. The van der Waals surface area contributed by atoms with Crippen LogP contribution in [0.25, 0.3) is 0 Å². The summed E-state index contributed by atoms with van der Waals surface area (Å²) >= 11 is 3.11. The maximum absolute atomic E-state index is 12.2. The van der Waals surface area contributed by atoms with E-state index in [-0.39, 0.29) is 11.9 Å². The second kappa shape index (κ2) is 8.31. The Morgan fingerprint density at radius 1 is 1.24 bits per heavy atom. The third-order valence-corrected chi connectivity index (χ3v) is 5.74. The van der Waals surface area contributed by atoms with Crippen LogP contribution in [0.2, 0.25) is 0 Å². The van der Waals surface area contributed by atoms with Crippen molar-refractivity contribution in [3.8, 4) is 0 Å². The van der Waals surface area contributed by atoms with E-state index < -0.39 is 0 Å². The van der Waals surface area contributed by atoms with Gasteiger partial charge in [0.25, 0.3) is 0 Å². The highest BCUT2D eigenvalue weighted by Crippen LogP contribution is 2.19. The summed E-state index contributed by atoms with van der Waals surface area (Å²) in [6.45, 7) is 1.99. The average Bonchev–Trinajstić information content (AvgIpc) is 3.25. The van der Waals surface area contributed by atoms with Crippen molar-refractivity contribution in [3.05, 3.63) is 64.1 Å². The van der Waals surface area contributed by atoms with Gasteiger partial charge in [0.15, 0.2) is 5.16 Å². The number of nitrogens with one attached hydrogen (secondary N) is 1. The molecule has 130 valence electrons. The second-order valence-corrected chi connectivity index (χ2v) is 7.68. The molecule has 0 saturated carbocycles. The van der Waals surface area contributed by atoms with Crippen LogP contribution in [0.15, 0.2) is 53.0 Å². The highest BCUT2D eigenvalue weighted by atomic mass is 32.2. The maximum atomic E-state index is 12.2. The molecule has 3 rings (SSSR count). The average molecular weight is 373 g/mol. The molecule has 25 heavy (non-hydrogen) atoms. The van der Waals surface area contributed by atoms with Crippen molar-refractivity contribution in [1.82, 2.24) is 20.1 Å². The molecule has 2 heterocycles. The van der Waals surface area contributed by atoms with Gasteiger partial charge >= 0.3 is 0 Å². The molecular formula is C18H20N4OS2. The standard InChI is InChI=1S/C18H20N4OS2/c1-13(14-7-4-3-5-8-14)19-17(23)12-25-18-21-20-16(22(18)2)11-15-9-6-10-24-15/h3-10,13H,11-12H2,1-2H3,(H,19,23)/t13-/m1/s1. The molecule has 1 N–H and O–H groups in total. The lowest BCUT2D eigenvalue weighted by atomic mass is 10.1. The molecule has 1 aromatic carbocycles. The first-order valence-electron chi connectivity index (χ1n) is 8.01. The van der Waals surface area contributed by atoms with Crippen LogP contribution in [0, 0.1) is 0 Å². The van der Waals surface area contributed by atoms with Crippen molar-refractivity contribution in [2.75, 3.05) is 5.75 Å². The van der Waals surface area contributed by atoms with Crippen LogP contribution in [0.3, 0.4) is 0 Å². The van der Waals surface area contributed by atoms with Crippen LogP contribution in [-0.4, -0.2) is 26.4 Å². The monoisotopic (exact) mass is 372 g/mol. The predicted octanol–water partition coefficient (Wildman–Crippen LogP) is 3.44. The van der Waals surface area contributed by atoms with Crippen molar-refractivity contribution in [2.45, 2.75) is 24.5 Å². The molecule has 7 heteroatoms. The smallest absolute Gasteiger partial charge is 0.230 e. The number of carbonyl (C=O) groups is 1. The molecule has 0 aliphatic heterocycles. The lowest BCUT2D eigenvalue weighted by Gasteiger charge is -2.13. The van der Waals surface area contributed by atoms with Crippen LogP contribution in [0.1, 0.15) is 29.2 Å². The van der Waals surface area contributed by atoms with E-state index in [0.29, 0.717) is 5.75 Å². The summed E-state index contributed by atoms with van der Waals surface area (Å²) in [5, 5.41) is 14.3. The SMILES string of the molecule is C[C@@H](NC(=O)CSc1nnc(Cc2cccs2)n1C)c1ccccc1. The Balaban J connectivity index is 1.53. The molecule has 1 atom stereocenters. The molecule has 0 aliphatic rings. The van der Waals surface area contributed by atoms with Gasteiger partial charge in [0.2, 0.25) is 5.91 Å². The second-order valence-electron chi connectivity index (χ2n) is 5.70. The van der Waals surface area contributed by atoms with Gasteiger partial charge in [0, 0.05) is 18.3 Å². The lowest BCUT2D eigenvalue weighted by Crippen LogP contribution is -2.28. The fourth-order valence-electron chi connectivity index (χ4n) is 2.43. The topological polar surface area (TPSA) is 59.8 Å². The first-order valence-corrected chi connectivity index (χ1v) is 9.88. The van der Waals surface area contributed by atoms with E-state index in [1.165, 1.54) is 16.6 Å². The number of nitrogens with zero attached hydrogens (tertiary/aromatic N) is 3. The molecule has 0 saturated heterocycles. The van der Waals surface area contributed by atoms with Crippen LogP contribution in [0.5, 0.6) is 0 Å². The summed E-state index contributed by atoms with van der Waals surface area (Å²) in [5.74, 6) is 1.22. The Labute approximate surface area is 155 Å². The molecule has 0 aliphatic carbocycles. The fourth-order valence-corrected chi connectivity index (χ4v) is 3.87. The highest BCUT2D eigenvalue weighted by molar-refractivity contribution is 7.99. The number of carbonyl (C=O) groups excluding carboxylic acids is 1. The van der Waals surface area contributed by atoms with E-state index in [0.717, 1.165) is 23.0 Å². The van der Waals surface area contributed by atoms with Gasteiger partial charge in [-0.05, 0) is 23.9 Å². The van der Waals surface area contributed by atoms with E-state index in [4.69, 9.17) is 0 Å². The molecule has 0 radical (unpaired) electrons. The molecule has 1 amide bonds. The Hall–Kier alpha value is -2.12. The third kappa shape index (κ3) is 4.70. The highest BCUT2D eigenvalue weighted by Gasteiger charge is 2.14. The Bertz CT molecular complexity index is 815. The van der Waals surface area contributed by atoms with Crippen molar-refractivity contribution in [1.29, 1.82) is 0 Å². The molecule has 0 spiro atoms. The molecule has 0 unspecified atom stereocenters. The van der Waals surface area contributed by atoms with E-state index in [1.54, 1.807) is 11.3 Å². The summed E-state index contributed by atoms with van der Waals surface area (Å²) in [6, 6.07) is 14.0. The van der Waals surface area contributed by atoms with Crippen LogP contribution in [0.4, 0.5) is 0 Å². The number of hydrogen-bond acceptors (Lipinski definition) is 5. The summed E-state index contributed by atoms with van der Waals surface area (Å²) in [6.07, 6.45) is 0.763. The van der Waals surface area contributed by atoms with Gasteiger partial charge in [-0.25, -0.2) is 0 Å². The molecule has 5 nitrogen and oxygen atoms in total. The molecular weight excluding hydrogens is 352 g/mol. The normalized spacial score (nSPS) is 12.1. The minimum Gasteiger partial charge on any atom is -0.349 e. The number of thioether (sulfide) groups is 1. The van der Waals surface area contributed by atoms with Gasteiger partial charge < -0.3 is 9.88 Å². The van der Waals surface area contributed by atoms with E-state index in [1.807, 2.05) is 54.9 Å². The van der Waals surface area contributed by atoms with Crippen molar-refractivity contribution >= 4 is 29.0 Å². The van der Waals surface area contributed by atoms with E-state index >= 15 is 0 Å². The molecule has 0 fully saturated rings. The van der Waals surface area contributed by atoms with Gasteiger partial charge in [-0.1, -0.05) is 48.2 Å².